The van der Waals surface area contributed by atoms with E-state index in [9.17, 15) is 0 Å². The van der Waals surface area contributed by atoms with Crippen LogP contribution in [0.4, 0.5) is 0 Å². The largest absolute Gasteiger partial charge is 0.349 e. The molecular formula is C26H26N2. The number of hydrogen-bond acceptors (Lipinski definition) is 2. The molecule has 1 atom stereocenters. The molecule has 28 heavy (non-hydrogen) atoms. The summed E-state index contributed by atoms with van der Waals surface area (Å²) in [6, 6.07) is 29.9. The molecule has 0 fully saturated rings. The van der Waals surface area contributed by atoms with Crippen LogP contribution in [0.5, 0.6) is 0 Å². The molecule has 0 aromatic heterocycles. The quantitative estimate of drug-likeness (QED) is 0.531. The molecule has 0 spiro atoms. The lowest BCUT2D eigenvalue weighted by molar-refractivity contribution is 0.364. The Labute approximate surface area is 167 Å². The van der Waals surface area contributed by atoms with Gasteiger partial charge in [-0.3, -0.25) is 4.99 Å². The molecule has 3 aromatic rings. The van der Waals surface area contributed by atoms with Gasteiger partial charge in [-0.2, -0.15) is 0 Å². The predicted octanol–water partition coefficient (Wildman–Crippen LogP) is 6.11. The van der Waals surface area contributed by atoms with E-state index in [4.69, 9.17) is 4.99 Å². The summed E-state index contributed by atoms with van der Waals surface area (Å²) in [6.45, 7) is 2.22. The van der Waals surface area contributed by atoms with Crippen LogP contribution in [0.25, 0.3) is 5.70 Å². The SMILES string of the molecule is CCCc1ccc(C2=CC(c3ccccc3)=NC(c3ccccc3)N2C)cc1. The van der Waals surface area contributed by atoms with Crippen molar-refractivity contribution < 1.29 is 0 Å². The second-order valence-electron chi connectivity index (χ2n) is 7.25. The molecule has 0 bridgehead atoms. The van der Waals surface area contributed by atoms with Gasteiger partial charge in [0.1, 0.15) is 6.17 Å². The molecule has 0 saturated heterocycles. The normalized spacial score (nSPS) is 16.5. The highest BCUT2D eigenvalue weighted by Crippen LogP contribution is 2.34. The van der Waals surface area contributed by atoms with Gasteiger partial charge in [-0.1, -0.05) is 98.3 Å². The molecule has 0 saturated carbocycles. The van der Waals surface area contributed by atoms with Crippen LogP contribution < -0.4 is 0 Å². The smallest absolute Gasteiger partial charge is 0.147 e. The summed E-state index contributed by atoms with van der Waals surface area (Å²) in [5.41, 5.74) is 7.20. The van der Waals surface area contributed by atoms with Crippen molar-refractivity contribution in [3.63, 3.8) is 0 Å². The van der Waals surface area contributed by atoms with E-state index >= 15 is 0 Å². The minimum atomic E-state index is -0.0354. The Morgan fingerprint density at radius 3 is 2.07 bits per heavy atom. The second kappa shape index (κ2) is 8.26. The fourth-order valence-electron chi connectivity index (χ4n) is 3.73. The van der Waals surface area contributed by atoms with E-state index in [1.807, 2.05) is 6.07 Å². The highest BCUT2D eigenvalue weighted by Gasteiger charge is 2.24. The van der Waals surface area contributed by atoms with Crippen molar-refractivity contribution >= 4 is 11.4 Å². The van der Waals surface area contributed by atoms with Crippen molar-refractivity contribution in [2.24, 2.45) is 4.99 Å². The second-order valence-corrected chi connectivity index (χ2v) is 7.25. The third-order valence-corrected chi connectivity index (χ3v) is 5.24. The van der Waals surface area contributed by atoms with Crippen LogP contribution in [-0.4, -0.2) is 17.7 Å². The number of benzene rings is 3. The van der Waals surface area contributed by atoms with Crippen LogP contribution in [0.15, 0.2) is 96.0 Å². The topological polar surface area (TPSA) is 15.6 Å². The lowest BCUT2D eigenvalue weighted by Gasteiger charge is -2.34. The van der Waals surface area contributed by atoms with Gasteiger partial charge in [-0.25, -0.2) is 0 Å². The highest BCUT2D eigenvalue weighted by molar-refractivity contribution is 6.13. The van der Waals surface area contributed by atoms with Crippen molar-refractivity contribution in [1.29, 1.82) is 0 Å². The number of hydrogen-bond donors (Lipinski definition) is 0. The van der Waals surface area contributed by atoms with E-state index < -0.39 is 0 Å². The van der Waals surface area contributed by atoms with Gasteiger partial charge in [0, 0.05) is 12.7 Å². The average molecular weight is 367 g/mol. The van der Waals surface area contributed by atoms with Crippen molar-refractivity contribution in [3.8, 4) is 0 Å². The summed E-state index contributed by atoms with van der Waals surface area (Å²) in [7, 11) is 2.13. The molecule has 140 valence electrons. The highest BCUT2D eigenvalue weighted by atomic mass is 15.2. The Morgan fingerprint density at radius 1 is 0.786 bits per heavy atom. The van der Waals surface area contributed by atoms with E-state index in [-0.39, 0.29) is 6.17 Å². The van der Waals surface area contributed by atoms with Gasteiger partial charge in [-0.15, -0.1) is 0 Å². The minimum absolute atomic E-state index is 0.0354. The van der Waals surface area contributed by atoms with Gasteiger partial charge < -0.3 is 4.90 Å². The monoisotopic (exact) mass is 366 g/mol. The maximum atomic E-state index is 5.09. The molecule has 0 radical (unpaired) electrons. The minimum Gasteiger partial charge on any atom is -0.349 e. The Bertz CT molecular complexity index is 970. The zero-order valence-corrected chi connectivity index (χ0v) is 16.5. The molecule has 4 rings (SSSR count). The first kappa shape index (κ1) is 18.2. The molecule has 1 unspecified atom stereocenters. The number of allylic oxidation sites excluding steroid dienone is 1. The third-order valence-electron chi connectivity index (χ3n) is 5.24. The van der Waals surface area contributed by atoms with Gasteiger partial charge in [-0.05, 0) is 34.8 Å². The number of aryl methyl sites for hydroxylation is 1. The standard InChI is InChI=1S/C26H26N2/c1-3-10-20-15-17-22(18-16-20)25-19-24(21-11-6-4-7-12-21)27-26(28(25)2)23-13-8-5-9-14-23/h4-9,11-19,26H,3,10H2,1-2H3. The summed E-state index contributed by atoms with van der Waals surface area (Å²) in [5.74, 6) is 0. The maximum Gasteiger partial charge on any atom is 0.147 e. The average Bonchev–Trinajstić information content (AvgIpc) is 2.76. The van der Waals surface area contributed by atoms with Crippen LogP contribution in [-0.2, 0) is 6.42 Å². The van der Waals surface area contributed by atoms with Crippen LogP contribution in [0.1, 0.15) is 41.8 Å². The van der Waals surface area contributed by atoms with E-state index in [1.54, 1.807) is 0 Å². The van der Waals surface area contributed by atoms with Gasteiger partial charge in [0.2, 0.25) is 0 Å². The Kier molecular flexibility index (Phi) is 5.38. The van der Waals surface area contributed by atoms with Crippen LogP contribution in [0.2, 0.25) is 0 Å². The molecule has 0 N–H and O–H groups in total. The molecule has 0 aliphatic carbocycles. The molecule has 2 nitrogen and oxygen atoms in total. The first-order valence-electron chi connectivity index (χ1n) is 9.98. The molecule has 1 aliphatic heterocycles. The van der Waals surface area contributed by atoms with Crippen LogP contribution in [0, 0.1) is 0 Å². The van der Waals surface area contributed by atoms with Crippen molar-refractivity contribution in [2.75, 3.05) is 7.05 Å². The number of rotatable bonds is 5. The summed E-state index contributed by atoms with van der Waals surface area (Å²) in [6.07, 6.45) is 4.47. The van der Waals surface area contributed by atoms with Gasteiger partial charge >= 0.3 is 0 Å². The lowest BCUT2D eigenvalue weighted by Crippen LogP contribution is -2.27. The summed E-state index contributed by atoms with van der Waals surface area (Å²) < 4.78 is 0. The number of nitrogens with zero attached hydrogens (tertiary/aromatic N) is 2. The van der Waals surface area contributed by atoms with Crippen LogP contribution in [0.3, 0.4) is 0 Å². The third kappa shape index (κ3) is 3.77. The molecule has 1 heterocycles. The zero-order chi connectivity index (χ0) is 19.3. The molecule has 2 heteroatoms. The first-order chi connectivity index (χ1) is 13.8. The molecule has 0 amide bonds. The lowest BCUT2D eigenvalue weighted by atomic mass is 9.99. The maximum absolute atomic E-state index is 5.09. The number of aliphatic imine (C=N–C) groups is 1. The summed E-state index contributed by atoms with van der Waals surface area (Å²) in [4.78, 5) is 7.37. The van der Waals surface area contributed by atoms with Gasteiger partial charge in [0.25, 0.3) is 0 Å². The summed E-state index contributed by atoms with van der Waals surface area (Å²) >= 11 is 0. The van der Waals surface area contributed by atoms with E-state index in [0.29, 0.717) is 0 Å². The van der Waals surface area contributed by atoms with E-state index in [2.05, 4.69) is 104 Å². The predicted molar refractivity (Wildman–Crippen MR) is 118 cm³/mol. The Morgan fingerprint density at radius 2 is 1.43 bits per heavy atom. The van der Waals surface area contributed by atoms with Crippen molar-refractivity contribution in [2.45, 2.75) is 25.9 Å². The Hall–Kier alpha value is -3.13. The van der Waals surface area contributed by atoms with E-state index in [0.717, 1.165) is 17.7 Å². The molecule has 1 aliphatic rings. The molecule has 3 aromatic carbocycles. The van der Waals surface area contributed by atoms with Gasteiger partial charge in [0.15, 0.2) is 0 Å². The van der Waals surface area contributed by atoms with Crippen molar-refractivity contribution in [1.82, 2.24) is 4.90 Å². The molecular weight excluding hydrogens is 340 g/mol. The van der Waals surface area contributed by atoms with E-state index in [1.165, 1.54) is 28.8 Å². The Balaban J connectivity index is 1.78. The first-order valence-corrected chi connectivity index (χ1v) is 9.98. The zero-order valence-electron chi connectivity index (χ0n) is 16.5. The fraction of sp³-hybridized carbons (Fsp3) is 0.192. The van der Waals surface area contributed by atoms with Gasteiger partial charge in [0.05, 0.1) is 5.71 Å². The fourth-order valence-corrected chi connectivity index (χ4v) is 3.73. The van der Waals surface area contributed by atoms with Crippen LogP contribution >= 0.6 is 0 Å². The van der Waals surface area contributed by atoms with Crippen molar-refractivity contribution in [3.05, 3.63) is 113 Å². The summed E-state index contributed by atoms with van der Waals surface area (Å²) in [5, 5.41) is 0.